The minimum Gasteiger partial charge on any atom is -0.342 e. The van der Waals surface area contributed by atoms with Crippen molar-refractivity contribution in [1.82, 2.24) is 4.57 Å². The fourth-order valence-corrected chi connectivity index (χ4v) is 2.80. The highest BCUT2D eigenvalue weighted by molar-refractivity contribution is 6.38. The molecule has 0 atom stereocenters. The summed E-state index contributed by atoms with van der Waals surface area (Å²) in [6, 6.07) is 15.9. The van der Waals surface area contributed by atoms with Crippen molar-refractivity contribution in [3.63, 3.8) is 0 Å². The molecule has 0 fully saturated rings. The Balaban J connectivity index is 2.32. The van der Waals surface area contributed by atoms with Crippen LogP contribution in [0.25, 0.3) is 22.2 Å². The summed E-state index contributed by atoms with van der Waals surface area (Å²) in [7, 11) is 2.03. The van der Waals surface area contributed by atoms with Crippen molar-refractivity contribution in [3.8, 4) is 11.3 Å². The molecule has 0 saturated heterocycles. The Morgan fingerprint density at radius 3 is 2.22 bits per heavy atom. The SMILES string of the molecule is Cn1c(-c2ccc(Cl)cc2)c(Cl)c2ccccc21. The number of para-hydroxylation sites is 1. The second-order valence-corrected chi connectivity index (χ2v) is 5.06. The Kier molecular flexibility index (Phi) is 2.81. The predicted octanol–water partition coefficient (Wildman–Crippen LogP) is 5.15. The van der Waals surface area contributed by atoms with Crippen molar-refractivity contribution >= 4 is 34.1 Å². The molecule has 18 heavy (non-hydrogen) atoms. The van der Waals surface area contributed by atoms with Crippen molar-refractivity contribution < 1.29 is 0 Å². The van der Waals surface area contributed by atoms with Crippen LogP contribution in [0.3, 0.4) is 0 Å². The minimum atomic E-state index is 0.730. The lowest BCUT2D eigenvalue weighted by atomic mass is 10.1. The fraction of sp³-hybridized carbons (Fsp3) is 0.0667. The van der Waals surface area contributed by atoms with E-state index in [0.29, 0.717) is 0 Å². The van der Waals surface area contributed by atoms with Gasteiger partial charge in [0.05, 0.1) is 10.7 Å². The molecular weight excluding hydrogens is 265 g/mol. The molecule has 0 N–H and O–H groups in total. The van der Waals surface area contributed by atoms with E-state index in [1.165, 1.54) is 0 Å². The first-order valence-corrected chi connectivity index (χ1v) is 6.43. The van der Waals surface area contributed by atoms with Gasteiger partial charge < -0.3 is 4.57 Å². The summed E-state index contributed by atoms with van der Waals surface area (Å²) in [4.78, 5) is 0. The number of benzene rings is 2. The zero-order valence-corrected chi connectivity index (χ0v) is 11.3. The number of hydrogen-bond donors (Lipinski definition) is 0. The molecular formula is C15H11Cl2N. The predicted molar refractivity (Wildman–Crippen MR) is 78.4 cm³/mol. The Morgan fingerprint density at radius 2 is 1.56 bits per heavy atom. The van der Waals surface area contributed by atoms with Gasteiger partial charge in [0.1, 0.15) is 0 Å². The van der Waals surface area contributed by atoms with Crippen LogP contribution in [0, 0.1) is 0 Å². The third-order valence-electron chi connectivity index (χ3n) is 3.16. The molecule has 1 nitrogen and oxygen atoms in total. The summed E-state index contributed by atoms with van der Waals surface area (Å²) in [5, 5.41) is 2.59. The normalized spacial score (nSPS) is 11.1. The van der Waals surface area contributed by atoms with Gasteiger partial charge in [-0.25, -0.2) is 0 Å². The summed E-state index contributed by atoms with van der Waals surface area (Å²) in [5.74, 6) is 0. The van der Waals surface area contributed by atoms with Crippen LogP contribution in [0.4, 0.5) is 0 Å². The van der Waals surface area contributed by atoms with Crippen LogP contribution in [0.2, 0.25) is 10.0 Å². The Morgan fingerprint density at radius 1 is 0.889 bits per heavy atom. The number of aromatic nitrogens is 1. The van der Waals surface area contributed by atoms with E-state index in [4.69, 9.17) is 23.2 Å². The molecule has 0 aliphatic carbocycles. The number of hydrogen-bond acceptors (Lipinski definition) is 0. The van der Waals surface area contributed by atoms with E-state index >= 15 is 0 Å². The topological polar surface area (TPSA) is 4.93 Å². The number of fused-ring (bicyclic) bond motifs is 1. The standard InChI is InChI=1S/C15H11Cl2N/c1-18-13-5-3-2-4-12(13)14(17)15(18)10-6-8-11(16)9-7-10/h2-9H,1H3. The maximum absolute atomic E-state index is 6.48. The smallest absolute Gasteiger partial charge is 0.0742 e. The summed E-state index contributed by atoms with van der Waals surface area (Å²) in [6.07, 6.45) is 0. The molecule has 0 bridgehead atoms. The van der Waals surface area contributed by atoms with Crippen molar-refractivity contribution in [2.24, 2.45) is 7.05 Å². The fourth-order valence-electron chi connectivity index (χ4n) is 2.28. The highest BCUT2D eigenvalue weighted by atomic mass is 35.5. The lowest BCUT2D eigenvalue weighted by Gasteiger charge is -2.05. The van der Waals surface area contributed by atoms with Crippen molar-refractivity contribution in [2.45, 2.75) is 0 Å². The molecule has 2 aromatic carbocycles. The van der Waals surface area contributed by atoms with E-state index in [1.807, 2.05) is 49.5 Å². The molecule has 0 aliphatic rings. The van der Waals surface area contributed by atoms with Gasteiger partial charge in [-0.2, -0.15) is 0 Å². The highest BCUT2D eigenvalue weighted by Gasteiger charge is 2.14. The molecule has 0 unspecified atom stereocenters. The van der Waals surface area contributed by atoms with Gasteiger partial charge in [0.25, 0.3) is 0 Å². The molecule has 3 rings (SSSR count). The van der Waals surface area contributed by atoms with Crippen LogP contribution in [0.5, 0.6) is 0 Å². The molecule has 0 saturated carbocycles. The van der Waals surface area contributed by atoms with Crippen molar-refractivity contribution in [3.05, 3.63) is 58.6 Å². The largest absolute Gasteiger partial charge is 0.342 e. The van der Waals surface area contributed by atoms with E-state index in [-0.39, 0.29) is 0 Å². The molecule has 3 aromatic rings. The molecule has 1 heterocycles. The van der Waals surface area contributed by atoms with Gasteiger partial charge >= 0.3 is 0 Å². The monoisotopic (exact) mass is 275 g/mol. The first-order chi connectivity index (χ1) is 8.68. The van der Waals surface area contributed by atoms with Gasteiger partial charge in [-0.1, -0.05) is 53.5 Å². The molecule has 0 aliphatic heterocycles. The van der Waals surface area contributed by atoms with Crippen molar-refractivity contribution in [2.75, 3.05) is 0 Å². The molecule has 0 radical (unpaired) electrons. The zero-order valence-electron chi connectivity index (χ0n) is 9.82. The summed E-state index contributed by atoms with van der Waals surface area (Å²) in [5.41, 5.74) is 3.23. The maximum atomic E-state index is 6.48. The molecule has 0 amide bonds. The molecule has 0 spiro atoms. The third-order valence-corrected chi connectivity index (χ3v) is 3.80. The minimum absolute atomic E-state index is 0.730. The summed E-state index contributed by atoms with van der Waals surface area (Å²) in [6.45, 7) is 0. The van der Waals surface area contributed by atoms with E-state index in [1.54, 1.807) is 0 Å². The Labute approximate surface area is 116 Å². The Hall–Kier alpha value is -1.44. The van der Waals surface area contributed by atoms with Gasteiger partial charge in [0.2, 0.25) is 0 Å². The first-order valence-electron chi connectivity index (χ1n) is 5.67. The zero-order chi connectivity index (χ0) is 12.7. The first kappa shape index (κ1) is 11.6. The number of halogens is 2. The van der Waals surface area contributed by atoms with Gasteiger partial charge in [0, 0.05) is 23.0 Å². The van der Waals surface area contributed by atoms with E-state index in [9.17, 15) is 0 Å². The van der Waals surface area contributed by atoms with Crippen LogP contribution in [0.1, 0.15) is 0 Å². The maximum Gasteiger partial charge on any atom is 0.0742 e. The van der Waals surface area contributed by atoms with Crippen LogP contribution in [-0.2, 0) is 7.05 Å². The molecule has 3 heteroatoms. The van der Waals surface area contributed by atoms with Crippen LogP contribution < -0.4 is 0 Å². The summed E-state index contributed by atoms with van der Waals surface area (Å²) >= 11 is 12.4. The average Bonchev–Trinajstić information content (AvgIpc) is 2.64. The van der Waals surface area contributed by atoms with Gasteiger partial charge in [-0.3, -0.25) is 0 Å². The molecule has 90 valence electrons. The summed E-state index contributed by atoms with van der Waals surface area (Å²) < 4.78 is 2.11. The lowest BCUT2D eigenvalue weighted by Crippen LogP contribution is -1.91. The van der Waals surface area contributed by atoms with Gasteiger partial charge in [0.15, 0.2) is 0 Å². The second kappa shape index (κ2) is 4.34. The highest BCUT2D eigenvalue weighted by Crippen LogP contribution is 2.36. The van der Waals surface area contributed by atoms with Gasteiger partial charge in [-0.15, -0.1) is 0 Å². The average molecular weight is 276 g/mol. The van der Waals surface area contributed by atoms with Crippen molar-refractivity contribution in [1.29, 1.82) is 0 Å². The van der Waals surface area contributed by atoms with Gasteiger partial charge in [-0.05, 0) is 23.8 Å². The third kappa shape index (κ3) is 1.71. The van der Waals surface area contributed by atoms with Crippen LogP contribution in [0.15, 0.2) is 48.5 Å². The number of rotatable bonds is 1. The number of aryl methyl sites for hydroxylation is 1. The quantitative estimate of drug-likeness (QED) is 0.579. The Bertz CT molecular complexity index is 672. The number of nitrogens with zero attached hydrogens (tertiary/aromatic N) is 1. The van der Waals surface area contributed by atoms with Crippen LogP contribution >= 0.6 is 23.2 Å². The second-order valence-electron chi connectivity index (χ2n) is 4.25. The molecule has 1 aromatic heterocycles. The van der Waals surface area contributed by atoms with E-state index in [0.717, 1.165) is 32.2 Å². The van der Waals surface area contributed by atoms with Crippen LogP contribution in [-0.4, -0.2) is 4.57 Å². The lowest BCUT2D eigenvalue weighted by molar-refractivity contribution is 0.978. The van der Waals surface area contributed by atoms with E-state index < -0.39 is 0 Å². The van der Waals surface area contributed by atoms with E-state index in [2.05, 4.69) is 10.6 Å².